The smallest absolute Gasteiger partial charge is 0.0361 e. The Balaban J connectivity index is 1.53. The van der Waals surface area contributed by atoms with E-state index in [9.17, 15) is 0 Å². The lowest BCUT2D eigenvalue weighted by atomic mass is 9.79. The Labute approximate surface area is 266 Å². The van der Waals surface area contributed by atoms with Crippen LogP contribution in [-0.4, -0.2) is 14.1 Å². The van der Waals surface area contributed by atoms with Gasteiger partial charge in [-0.3, -0.25) is 0 Å². The highest BCUT2D eigenvalue weighted by Gasteiger charge is 2.23. The summed E-state index contributed by atoms with van der Waals surface area (Å²) in [5, 5.41) is 0. The predicted octanol–water partition coefficient (Wildman–Crippen LogP) is 11.8. The average Bonchev–Trinajstić information content (AvgIpc) is 3.12. The normalized spacial score (nSPS) is 10.9. The molecule has 0 heterocycles. The van der Waals surface area contributed by atoms with Crippen molar-refractivity contribution in [3.8, 4) is 66.8 Å². The Morgan fingerprint density at radius 1 is 0.289 bits per heavy atom. The molecule has 0 radical (unpaired) electrons. The molecule has 0 aliphatic carbocycles. The minimum Gasteiger partial charge on any atom is -0.378 e. The van der Waals surface area contributed by atoms with E-state index in [-0.39, 0.29) is 0 Å². The molecule has 7 aromatic carbocycles. The van der Waals surface area contributed by atoms with Gasteiger partial charge < -0.3 is 4.90 Å². The van der Waals surface area contributed by atoms with Crippen LogP contribution in [0.4, 0.5) is 5.69 Å². The van der Waals surface area contributed by atoms with Gasteiger partial charge in [-0.25, -0.2) is 0 Å². The Morgan fingerprint density at radius 2 is 0.600 bits per heavy atom. The number of hydrogen-bond acceptors (Lipinski definition) is 1. The van der Waals surface area contributed by atoms with Crippen LogP contribution in [0, 0.1) is 0 Å². The van der Waals surface area contributed by atoms with Crippen molar-refractivity contribution in [3.63, 3.8) is 0 Å². The highest BCUT2D eigenvalue weighted by atomic mass is 15.1. The van der Waals surface area contributed by atoms with Gasteiger partial charge in [0.2, 0.25) is 0 Å². The fourth-order valence-corrected chi connectivity index (χ4v) is 6.25. The topological polar surface area (TPSA) is 3.24 Å². The minimum atomic E-state index is 1.19. The fourth-order valence-electron chi connectivity index (χ4n) is 6.25. The molecular weight excluding hydrogens is 542 g/mol. The number of nitrogens with zero attached hydrogens (tertiary/aromatic N) is 1. The van der Waals surface area contributed by atoms with Crippen molar-refractivity contribution >= 4 is 5.69 Å². The summed E-state index contributed by atoms with van der Waals surface area (Å²) in [7, 11) is 4.15. The number of rotatable bonds is 7. The van der Waals surface area contributed by atoms with E-state index < -0.39 is 0 Å². The zero-order valence-corrected chi connectivity index (χ0v) is 25.7. The summed E-state index contributed by atoms with van der Waals surface area (Å²) in [6, 6.07) is 63.6. The third kappa shape index (κ3) is 5.69. The van der Waals surface area contributed by atoms with Gasteiger partial charge in [0.1, 0.15) is 0 Å². The summed E-state index contributed by atoms with van der Waals surface area (Å²) in [5.74, 6) is 0. The molecule has 7 rings (SSSR count). The van der Waals surface area contributed by atoms with Crippen LogP contribution in [0.15, 0.2) is 176 Å². The molecule has 0 N–H and O–H groups in total. The molecule has 0 spiro atoms. The standard InChI is InChI=1S/C44H35N/c1-45(2)39-29-27-33(28-30-39)32-23-25-35(26-24-32)41-31-40(34-15-7-3-8-16-34)42(36-17-9-4-10-18-36)44(38-21-13-6-14-22-38)43(41)37-19-11-5-12-20-37/h3-31H,1-2H3. The molecule has 0 fully saturated rings. The van der Waals surface area contributed by atoms with Crippen LogP contribution in [0.25, 0.3) is 66.8 Å². The Morgan fingerprint density at radius 3 is 1.00 bits per heavy atom. The predicted molar refractivity (Wildman–Crippen MR) is 193 cm³/mol. The first-order valence-electron chi connectivity index (χ1n) is 15.5. The second kappa shape index (κ2) is 12.5. The lowest BCUT2D eigenvalue weighted by Gasteiger charge is -2.24. The highest BCUT2D eigenvalue weighted by Crippen LogP contribution is 2.50. The van der Waals surface area contributed by atoms with Crippen LogP contribution in [0.1, 0.15) is 0 Å². The minimum absolute atomic E-state index is 1.19. The maximum Gasteiger partial charge on any atom is 0.0361 e. The van der Waals surface area contributed by atoms with E-state index in [1.165, 1.54) is 72.4 Å². The van der Waals surface area contributed by atoms with E-state index in [0.717, 1.165) is 0 Å². The summed E-state index contributed by atoms with van der Waals surface area (Å²) < 4.78 is 0. The fraction of sp³-hybridized carbons (Fsp3) is 0.0455. The maximum absolute atomic E-state index is 2.41. The van der Waals surface area contributed by atoms with Gasteiger partial charge in [-0.2, -0.15) is 0 Å². The Kier molecular flexibility index (Phi) is 7.83. The van der Waals surface area contributed by atoms with Gasteiger partial charge in [0.15, 0.2) is 0 Å². The van der Waals surface area contributed by atoms with Crippen molar-refractivity contribution in [2.45, 2.75) is 0 Å². The summed E-state index contributed by atoms with van der Waals surface area (Å²) in [4.78, 5) is 2.13. The zero-order valence-electron chi connectivity index (χ0n) is 25.7. The highest BCUT2D eigenvalue weighted by molar-refractivity contribution is 6.07. The van der Waals surface area contributed by atoms with Gasteiger partial charge in [0.25, 0.3) is 0 Å². The van der Waals surface area contributed by atoms with Crippen LogP contribution in [-0.2, 0) is 0 Å². The van der Waals surface area contributed by atoms with Crippen molar-refractivity contribution in [3.05, 3.63) is 176 Å². The summed E-state index contributed by atoms with van der Waals surface area (Å²) >= 11 is 0. The molecule has 0 bridgehead atoms. The number of hydrogen-bond donors (Lipinski definition) is 0. The quantitative estimate of drug-likeness (QED) is 0.182. The van der Waals surface area contributed by atoms with E-state index in [1.54, 1.807) is 0 Å². The molecule has 0 amide bonds. The lowest BCUT2D eigenvalue weighted by molar-refractivity contribution is 1.13. The van der Waals surface area contributed by atoms with Gasteiger partial charge >= 0.3 is 0 Å². The molecule has 0 unspecified atom stereocenters. The molecule has 0 saturated heterocycles. The van der Waals surface area contributed by atoms with E-state index >= 15 is 0 Å². The van der Waals surface area contributed by atoms with Crippen molar-refractivity contribution < 1.29 is 0 Å². The molecular formula is C44H35N. The van der Waals surface area contributed by atoms with E-state index in [0.29, 0.717) is 0 Å². The Bertz CT molecular complexity index is 2010. The van der Waals surface area contributed by atoms with Gasteiger partial charge in [-0.15, -0.1) is 0 Å². The first-order valence-corrected chi connectivity index (χ1v) is 15.5. The largest absolute Gasteiger partial charge is 0.378 e. The van der Waals surface area contributed by atoms with Crippen molar-refractivity contribution in [1.82, 2.24) is 0 Å². The molecule has 0 atom stereocenters. The molecule has 0 aromatic heterocycles. The summed E-state index contributed by atoms with van der Waals surface area (Å²) in [6.45, 7) is 0. The number of benzene rings is 7. The zero-order chi connectivity index (χ0) is 30.6. The molecule has 0 saturated carbocycles. The third-order valence-corrected chi connectivity index (χ3v) is 8.51. The molecule has 0 aliphatic heterocycles. The molecule has 1 heteroatoms. The van der Waals surface area contributed by atoms with Gasteiger partial charge in [-0.1, -0.05) is 158 Å². The summed E-state index contributed by atoms with van der Waals surface area (Å²) in [5.41, 5.74) is 15.8. The monoisotopic (exact) mass is 577 g/mol. The molecule has 1 nitrogen and oxygen atoms in total. The third-order valence-electron chi connectivity index (χ3n) is 8.51. The van der Waals surface area contributed by atoms with Crippen molar-refractivity contribution in [2.24, 2.45) is 0 Å². The van der Waals surface area contributed by atoms with Gasteiger partial charge in [0, 0.05) is 19.8 Å². The van der Waals surface area contributed by atoms with Gasteiger partial charge in [-0.05, 0) is 85.0 Å². The number of anilines is 1. The Hall–Kier alpha value is -5.66. The van der Waals surface area contributed by atoms with E-state index in [1.807, 2.05) is 0 Å². The van der Waals surface area contributed by atoms with Crippen LogP contribution < -0.4 is 4.90 Å². The maximum atomic E-state index is 2.41. The first kappa shape index (κ1) is 28.1. The van der Waals surface area contributed by atoms with E-state index in [2.05, 4.69) is 195 Å². The van der Waals surface area contributed by atoms with Crippen LogP contribution in [0.5, 0.6) is 0 Å². The molecule has 0 aliphatic rings. The second-order valence-electron chi connectivity index (χ2n) is 11.6. The van der Waals surface area contributed by atoms with Crippen LogP contribution >= 0.6 is 0 Å². The van der Waals surface area contributed by atoms with Gasteiger partial charge in [0.05, 0.1) is 0 Å². The molecule has 45 heavy (non-hydrogen) atoms. The van der Waals surface area contributed by atoms with Crippen LogP contribution in [0.3, 0.4) is 0 Å². The molecule has 216 valence electrons. The second-order valence-corrected chi connectivity index (χ2v) is 11.6. The van der Waals surface area contributed by atoms with Crippen molar-refractivity contribution in [1.29, 1.82) is 0 Å². The van der Waals surface area contributed by atoms with E-state index in [4.69, 9.17) is 0 Å². The summed E-state index contributed by atoms with van der Waals surface area (Å²) in [6.07, 6.45) is 0. The average molecular weight is 578 g/mol. The first-order chi connectivity index (χ1) is 22.2. The lowest BCUT2D eigenvalue weighted by Crippen LogP contribution is -2.07. The van der Waals surface area contributed by atoms with Crippen molar-refractivity contribution in [2.75, 3.05) is 19.0 Å². The molecule has 7 aromatic rings. The SMILES string of the molecule is CN(C)c1ccc(-c2ccc(-c3cc(-c4ccccc4)c(-c4ccccc4)c(-c4ccccc4)c3-c3ccccc3)cc2)cc1. The van der Waals surface area contributed by atoms with Crippen LogP contribution in [0.2, 0.25) is 0 Å².